The van der Waals surface area contributed by atoms with E-state index in [1.807, 2.05) is 24.3 Å². The lowest BCUT2D eigenvalue weighted by Gasteiger charge is -2.00. The first-order valence-electron chi connectivity index (χ1n) is 4.98. The highest BCUT2D eigenvalue weighted by Gasteiger charge is 2.11. The van der Waals surface area contributed by atoms with Crippen LogP contribution >= 0.6 is 0 Å². The fourth-order valence-corrected chi connectivity index (χ4v) is 1.48. The molecule has 1 aromatic heterocycles. The fourth-order valence-electron chi connectivity index (χ4n) is 1.48. The molecular weight excluding hydrogens is 188 g/mol. The van der Waals surface area contributed by atoms with Crippen molar-refractivity contribution in [1.29, 1.82) is 0 Å². The van der Waals surface area contributed by atoms with Gasteiger partial charge in [0.2, 0.25) is 5.78 Å². The Kier molecular flexibility index (Phi) is 2.68. The van der Waals surface area contributed by atoms with Crippen molar-refractivity contribution >= 4 is 5.78 Å². The highest BCUT2D eigenvalue weighted by atomic mass is 16.3. The highest BCUT2D eigenvalue weighted by Crippen LogP contribution is 2.12. The van der Waals surface area contributed by atoms with Crippen molar-refractivity contribution in [3.63, 3.8) is 0 Å². The lowest BCUT2D eigenvalue weighted by Crippen LogP contribution is -1.99. The molecule has 15 heavy (non-hydrogen) atoms. The molecule has 1 heterocycles. The number of carbonyl (C=O) groups is 1. The van der Waals surface area contributed by atoms with Crippen LogP contribution in [-0.2, 0) is 6.42 Å². The third-order valence-corrected chi connectivity index (χ3v) is 2.34. The van der Waals surface area contributed by atoms with Crippen molar-refractivity contribution in [2.24, 2.45) is 0 Å². The topological polar surface area (TPSA) is 30.2 Å². The minimum absolute atomic E-state index is 0.0599. The van der Waals surface area contributed by atoms with E-state index in [4.69, 9.17) is 4.42 Å². The zero-order chi connectivity index (χ0) is 10.7. The average molecular weight is 200 g/mol. The van der Waals surface area contributed by atoms with Gasteiger partial charge in [-0.25, -0.2) is 0 Å². The van der Waals surface area contributed by atoms with Crippen molar-refractivity contribution in [3.05, 3.63) is 59.5 Å². The van der Waals surface area contributed by atoms with Crippen molar-refractivity contribution in [2.45, 2.75) is 13.3 Å². The fraction of sp³-hybridized carbons (Fsp3) is 0.154. The monoisotopic (exact) mass is 200 g/mol. The van der Waals surface area contributed by atoms with Crippen LogP contribution in [0.4, 0.5) is 0 Å². The van der Waals surface area contributed by atoms with E-state index in [2.05, 4.69) is 6.92 Å². The van der Waals surface area contributed by atoms with Crippen LogP contribution < -0.4 is 0 Å². The van der Waals surface area contributed by atoms with E-state index in [1.165, 1.54) is 6.26 Å². The van der Waals surface area contributed by atoms with Crippen LogP contribution in [0.1, 0.15) is 28.6 Å². The van der Waals surface area contributed by atoms with Gasteiger partial charge in [0.1, 0.15) is 0 Å². The summed E-state index contributed by atoms with van der Waals surface area (Å²) in [6, 6.07) is 11.0. The molecule has 2 nitrogen and oxygen atoms in total. The van der Waals surface area contributed by atoms with Crippen molar-refractivity contribution in [1.82, 2.24) is 0 Å². The Balaban J connectivity index is 2.34. The van der Waals surface area contributed by atoms with Gasteiger partial charge in [-0.2, -0.15) is 0 Å². The molecule has 2 aromatic rings. The lowest BCUT2D eigenvalue weighted by atomic mass is 10.0. The minimum Gasteiger partial charge on any atom is -0.461 e. The van der Waals surface area contributed by atoms with E-state index in [0.29, 0.717) is 11.3 Å². The molecule has 1 aromatic carbocycles. The third-order valence-electron chi connectivity index (χ3n) is 2.34. The van der Waals surface area contributed by atoms with Crippen molar-refractivity contribution in [3.8, 4) is 0 Å². The Hall–Kier alpha value is -1.83. The number of hydrogen-bond acceptors (Lipinski definition) is 2. The van der Waals surface area contributed by atoms with Crippen LogP contribution in [0.5, 0.6) is 0 Å². The molecule has 0 aliphatic rings. The number of ketones is 1. The molecule has 2 rings (SSSR count). The summed E-state index contributed by atoms with van der Waals surface area (Å²) in [4.78, 5) is 11.9. The summed E-state index contributed by atoms with van der Waals surface area (Å²) in [5.74, 6) is 0.332. The van der Waals surface area contributed by atoms with Gasteiger partial charge in [0, 0.05) is 5.56 Å². The number of carbonyl (C=O) groups excluding carboxylic acids is 1. The van der Waals surface area contributed by atoms with Gasteiger partial charge in [-0.3, -0.25) is 4.79 Å². The summed E-state index contributed by atoms with van der Waals surface area (Å²) < 4.78 is 5.07. The van der Waals surface area contributed by atoms with Crippen LogP contribution in [0.2, 0.25) is 0 Å². The molecule has 0 saturated heterocycles. The van der Waals surface area contributed by atoms with E-state index in [0.717, 1.165) is 12.0 Å². The summed E-state index contributed by atoms with van der Waals surface area (Å²) in [6.07, 6.45) is 2.44. The minimum atomic E-state index is -0.0599. The Labute approximate surface area is 88.5 Å². The smallest absolute Gasteiger partial charge is 0.228 e. The average Bonchev–Trinajstić information content (AvgIpc) is 2.81. The van der Waals surface area contributed by atoms with Gasteiger partial charge in [-0.05, 0) is 30.2 Å². The van der Waals surface area contributed by atoms with E-state index >= 15 is 0 Å². The first kappa shape index (κ1) is 9.71. The molecule has 2 heteroatoms. The van der Waals surface area contributed by atoms with Crippen molar-refractivity contribution < 1.29 is 9.21 Å². The molecular formula is C13H12O2. The van der Waals surface area contributed by atoms with Crippen molar-refractivity contribution in [2.75, 3.05) is 0 Å². The van der Waals surface area contributed by atoms with Gasteiger partial charge in [0.25, 0.3) is 0 Å². The molecule has 0 amide bonds. The number of rotatable bonds is 3. The number of benzene rings is 1. The maximum Gasteiger partial charge on any atom is 0.228 e. The maximum atomic E-state index is 11.9. The summed E-state index contributed by atoms with van der Waals surface area (Å²) in [7, 11) is 0. The molecule has 0 saturated carbocycles. The molecule has 0 radical (unpaired) electrons. The Morgan fingerprint density at radius 1 is 1.27 bits per heavy atom. The zero-order valence-electron chi connectivity index (χ0n) is 8.57. The summed E-state index contributed by atoms with van der Waals surface area (Å²) in [5, 5.41) is 0. The molecule has 0 unspecified atom stereocenters. The first-order chi connectivity index (χ1) is 7.31. The molecule has 0 fully saturated rings. The van der Waals surface area contributed by atoms with E-state index in [1.54, 1.807) is 12.1 Å². The standard InChI is InChI=1S/C13H12O2/c1-2-10-5-3-6-11(9-10)13(14)12-7-4-8-15-12/h3-9H,2H2,1H3. The molecule has 0 N–H and O–H groups in total. The van der Waals surface area contributed by atoms with Gasteiger partial charge in [-0.15, -0.1) is 0 Å². The van der Waals surface area contributed by atoms with E-state index in [9.17, 15) is 4.79 Å². The second kappa shape index (κ2) is 4.13. The number of hydrogen-bond donors (Lipinski definition) is 0. The van der Waals surface area contributed by atoms with Gasteiger partial charge in [0.15, 0.2) is 5.76 Å². The summed E-state index contributed by atoms with van der Waals surface area (Å²) in [6.45, 7) is 2.07. The normalized spacial score (nSPS) is 10.2. The van der Waals surface area contributed by atoms with Crippen LogP contribution in [0.25, 0.3) is 0 Å². The first-order valence-corrected chi connectivity index (χ1v) is 4.98. The summed E-state index contributed by atoms with van der Waals surface area (Å²) >= 11 is 0. The number of aryl methyl sites for hydroxylation is 1. The van der Waals surface area contributed by atoms with Gasteiger partial charge < -0.3 is 4.42 Å². The Morgan fingerprint density at radius 3 is 2.80 bits per heavy atom. The second-order valence-electron chi connectivity index (χ2n) is 3.36. The summed E-state index contributed by atoms with van der Waals surface area (Å²) in [5.41, 5.74) is 1.84. The third kappa shape index (κ3) is 1.99. The number of furan rings is 1. The highest BCUT2D eigenvalue weighted by molar-refractivity contribution is 6.07. The van der Waals surface area contributed by atoms with Crippen LogP contribution in [0, 0.1) is 0 Å². The molecule has 0 spiro atoms. The molecule has 0 aliphatic carbocycles. The molecule has 0 aliphatic heterocycles. The van der Waals surface area contributed by atoms with Crippen LogP contribution in [0.15, 0.2) is 47.1 Å². The van der Waals surface area contributed by atoms with Gasteiger partial charge in [0.05, 0.1) is 6.26 Å². The van der Waals surface area contributed by atoms with E-state index < -0.39 is 0 Å². The lowest BCUT2D eigenvalue weighted by molar-refractivity contribution is 0.101. The van der Waals surface area contributed by atoms with Crippen LogP contribution in [-0.4, -0.2) is 5.78 Å². The second-order valence-corrected chi connectivity index (χ2v) is 3.36. The van der Waals surface area contributed by atoms with Crippen LogP contribution in [0.3, 0.4) is 0 Å². The quantitative estimate of drug-likeness (QED) is 0.713. The molecule has 0 atom stereocenters. The maximum absolute atomic E-state index is 11.9. The van der Waals surface area contributed by atoms with Gasteiger partial charge in [-0.1, -0.05) is 25.1 Å². The Morgan fingerprint density at radius 2 is 2.13 bits per heavy atom. The predicted octanol–water partition coefficient (Wildman–Crippen LogP) is 3.07. The molecule has 76 valence electrons. The largest absolute Gasteiger partial charge is 0.461 e. The zero-order valence-corrected chi connectivity index (χ0v) is 8.57. The predicted molar refractivity (Wildman–Crippen MR) is 58.0 cm³/mol. The van der Waals surface area contributed by atoms with Gasteiger partial charge >= 0.3 is 0 Å². The SMILES string of the molecule is CCc1cccc(C(=O)c2ccco2)c1. The Bertz CT molecular complexity index is 455. The van der Waals surface area contributed by atoms with E-state index in [-0.39, 0.29) is 5.78 Å². The molecule has 0 bridgehead atoms.